The average Bonchev–Trinajstić information content (AvgIpc) is 2.96. The minimum absolute atomic E-state index is 0.0188. The number of nitrogens with zero attached hydrogens (tertiary/aromatic N) is 3. The van der Waals surface area contributed by atoms with Gasteiger partial charge in [0.05, 0.1) is 4.87 Å². The van der Waals surface area contributed by atoms with Crippen molar-refractivity contribution < 1.29 is 24.3 Å². The molecular weight excluding hydrogens is 370 g/mol. The molecule has 3 fully saturated rings. The minimum Gasteiger partial charge on any atom is -0.480 e. The van der Waals surface area contributed by atoms with E-state index < -0.39 is 12.0 Å². The molecule has 3 heterocycles. The summed E-state index contributed by atoms with van der Waals surface area (Å²) in [6.07, 6.45) is 3.23. The summed E-state index contributed by atoms with van der Waals surface area (Å²) >= 11 is 1.68. The first kappa shape index (κ1) is 20.0. The Kier molecular flexibility index (Phi) is 5.69. The summed E-state index contributed by atoms with van der Waals surface area (Å²) in [6, 6.07) is -0.581. The lowest BCUT2D eigenvalue weighted by atomic mass is 10.1. The molecule has 1 N–H and O–H groups in total. The summed E-state index contributed by atoms with van der Waals surface area (Å²) in [4.78, 5) is 53.0. The van der Waals surface area contributed by atoms with E-state index in [1.807, 2.05) is 6.92 Å². The third-order valence-electron chi connectivity index (χ3n) is 5.89. The van der Waals surface area contributed by atoms with Crippen LogP contribution in [0.3, 0.4) is 0 Å². The number of carbonyl (C=O) groups is 4. The van der Waals surface area contributed by atoms with Gasteiger partial charge in [-0.15, -0.1) is 11.8 Å². The number of carboxylic acids is 1. The summed E-state index contributed by atoms with van der Waals surface area (Å²) in [5.41, 5.74) is 0. The van der Waals surface area contributed by atoms with Gasteiger partial charge in [-0.1, -0.05) is 0 Å². The number of carbonyl (C=O) groups excluding carboxylic acids is 3. The Morgan fingerprint density at radius 2 is 2.04 bits per heavy atom. The number of carboxylic acid groups (broad SMARTS) is 1. The van der Waals surface area contributed by atoms with Crippen LogP contribution in [0.2, 0.25) is 0 Å². The van der Waals surface area contributed by atoms with E-state index in [4.69, 9.17) is 5.11 Å². The molecule has 3 rings (SSSR count). The maximum atomic E-state index is 13.1. The molecule has 3 aliphatic heterocycles. The lowest BCUT2D eigenvalue weighted by Gasteiger charge is -2.33. The highest BCUT2D eigenvalue weighted by molar-refractivity contribution is 8.01. The van der Waals surface area contributed by atoms with Crippen molar-refractivity contribution in [3.05, 3.63) is 0 Å². The molecule has 27 heavy (non-hydrogen) atoms. The van der Waals surface area contributed by atoms with Crippen molar-refractivity contribution in [3.8, 4) is 0 Å². The van der Waals surface area contributed by atoms with E-state index in [-0.39, 0.29) is 35.2 Å². The Bertz CT molecular complexity index is 657. The molecule has 3 amide bonds. The van der Waals surface area contributed by atoms with Gasteiger partial charge in [0.25, 0.3) is 0 Å². The van der Waals surface area contributed by atoms with Crippen LogP contribution in [0.4, 0.5) is 0 Å². The Morgan fingerprint density at radius 3 is 2.70 bits per heavy atom. The molecule has 3 atom stereocenters. The number of thioether (sulfide) groups is 1. The predicted molar refractivity (Wildman–Crippen MR) is 100.0 cm³/mol. The Labute approximate surface area is 163 Å². The fourth-order valence-corrected chi connectivity index (χ4v) is 5.89. The normalized spacial score (nSPS) is 30.8. The Balaban J connectivity index is 1.66. The van der Waals surface area contributed by atoms with E-state index in [0.717, 1.165) is 6.42 Å². The van der Waals surface area contributed by atoms with Crippen molar-refractivity contribution in [1.82, 2.24) is 14.7 Å². The number of hydrogen-bond acceptors (Lipinski definition) is 5. The summed E-state index contributed by atoms with van der Waals surface area (Å²) in [5.74, 6) is -0.628. The predicted octanol–water partition coefficient (Wildman–Crippen LogP) is 0.755. The number of amides is 3. The van der Waals surface area contributed by atoms with Crippen LogP contribution in [0.15, 0.2) is 0 Å². The van der Waals surface area contributed by atoms with Crippen LogP contribution in [0, 0.1) is 0 Å². The van der Waals surface area contributed by atoms with E-state index in [0.29, 0.717) is 44.5 Å². The molecule has 3 aliphatic rings. The molecule has 0 saturated carbocycles. The second kappa shape index (κ2) is 7.69. The van der Waals surface area contributed by atoms with Crippen LogP contribution in [0.1, 0.15) is 46.0 Å². The monoisotopic (exact) mass is 397 g/mol. The van der Waals surface area contributed by atoms with E-state index in [1.54, 1.807) is 21.6 Å². The molecular formula is C18H27N3O5S. The van der Waals surface area contributed by atoms with Crippen molar-refractivity contribution in [2.75, 3.05) is 25.4 Å². The van der Waals surface area contributed by atoms with E-state index >= 15 is 0 Å². The highest BCUT2D eigenvalue weighted by Crippen LogP contribution is 2.47. The highest BCUT2D eigenvalue weighted by Gasteiger charge is 2.53. The zero-order valence-electron chi connectivity index (χ0n) is 15.8. The largest absolute Gasteiger partial charge is 0.480 e. The quantitative estimate of drug-likeness (QED) is 0.752. The summed E-state index contributed by atoms with van der Waals surface area (Å²) in [6.45, 7) is 4.16. The van der Waals surface area contributed by atoms with Gasteiger partial charge in [-0.2, -0.15) is 0 Å². The number of hydrogen-bond donors (Lipinski definition) is 1. The van der Waals surface area contributed by atoms with Gasteiger partial charge in [0, 0.05) is 38.2 Å². The van der Waals surface area contributed by atoms with E-state index in [2.05, 4.69) is 0 Å². The first-order valence-corrected chi connectivity index (χ1v) is 10.5. The third kappa shape index (κ3) is 3.93. The van der Waals surface area contributed by atoms with E-state index in [9.17, 15) is 19.2 Å². The van der Waals surface area contributed by atoms with Crippen LogP contribution < -0.4 is 0 Å². The molecule has 0 radical (unpaired) electrons. The summed E-state index contributed by atoms with van der Waals surface area (Å²) < 4.78 is 0. The molecule has 3 saturated heterocycles. The second-order valence-electron chi connectivity index (χ2n) is 7.72. The number of likely N-dealkylation sites (tertiary alicyclic amines) is 1. The molecule has 9 heteroatoms. The SMILES string of the molecule is CC(=O)N(CC(=O)O)C1CCCN(C(=O)C2CSC3(C)CCC(=O)N23)CC1. The molecule has 0 bridgehead atoms. The van der Waals surface area contributed by atoms with Crippen LogP contribution in [-0.2, 0) is 19.2 Å². The molecule has 150 valence electrons. The molecule has 8 nitrogen and oxygen atoms in total. The third-order valence-corrected chi connectivity index (χ3v) is 7.40. The van der Waals surface area contributed by atoms with Gasteiger partial charge in [0.1, 0.15) is 12.6 Å². The lowest BCUT2D eigenvalue weighted by Crippen LogP contribution is -2.51. The van der Waals surface area contributed by atoms with Gasteiger partial charge in [-0.25, -0.2) is 0 Å². The van der Waals surface area contributed by atoms with Crippen LogP contribution in [0.25, 0.3) is 0 Å². The molecule has 3 unspecified atom stereocenters. The molecule has 0 aromatic carbocycles. The van der Waals surface area contributed by atoms with Crippen molar-refractivity contribution >= 4 is 35.5 Å². The van der Waals surface area contributed by atoms with Gasteiger partial charge in [0.2, 0.25) is 17.7 Å². The number of fused-ring (bicyclic) bond motifs is 1. The van der Waals surface area contributed by atoms with Gasteiger partial charge >= 0.3 is 5.97 Å². The minimum atomic E-state index is -1.03. The number of aliphatic carboxylic acids is 1. The molecule has 0 aliphatic carbocycles. The molecule has 0 spiro atoms. The Morgan fingerprint density at radius 1 is 1.30 bits per heavy atom. The number of rotatable bonds is 4. The lowest BCUT2D eigenvalue weighted by molar-refractivity contribution is -0.145. The maximum Gasteiger partial charge on any atom is 0.323 e. The van der Waals surface area contributed by atoms with Crippen molar-refractivity contribution in [3.63, 3.8) is 0 Å². The smallest absolute Gasteiger partial charge is 0.323 e. The zero-order chi connectivity index (χ0) is 19.8. The van der Waals surface area contributed by atoms with Gasteiger partial charge in [0.15, 0.2) is 0 Å². The van der Waals surface area contributed by atoms with Crippen molar-refractivity contribution in [2.24, 2.45) is 0 Å². The molecule has 0 aromatic heterocycles. The van der Waals surface area contributed by atoms with Crippen LogP contribution in [-0.4, -0.2) is 85.8 Å². The first-order chi connectivity index (χ1) is 12.7. The van der Waals surface area contributed by atoms with Crippen LogP contribution >= 0.6 is 11.8 Å². The standard InChI is InChI=1S/C18H27N3O5S/c1-12(22)20(10-16(24)25)13-4-3-8-19(9-6-13)17(26)14-11-27-18(2)7-5-15(23)21(14)18/h13-14H,3-11H2,1-2H3,(H,24,25). The van der Waals surface area contributed by atoms with E-state index in [1.165, 1.54) is 11.8 Å². The van der Waals surface area contributed by atoms with Crippen LogP contribution in [0.5, 0.6) is 0 Å². The van der Waals surface area contributed by atoms with Crippen molar-refractivity contribution in [2.45, 2.75) is 62.9 Å². The van der Waals surface area contributed by atoms with Crippen molar-refractivity contribution in [1.29, 1.82) is 0 Å². The van der Waals surface area contributed by atoms with Gasteiger partial charge < -0.3 is 19.8 Å². The fraction of sp³-hybridized carbons (Fsp3) is 0.778. The maximum absolute atomic E-state index is 13.1. The van der Waals surface area contributed by atoms with Gasteiger partial charge in [-0.05, 0) is 32.6 Å². The Hall–Kier alpha value is -1.77. The summed E-state index contributed by atoms with van der Waals surface area (Å²) in [5, 5.41) is 9.06. The summed E-state index contributed by atoms with van der Waals surface area (Å²) in [7, 11) is 0. The topological polar surface area (TPSA) is 98.2 Å². The highest BCUT2D eigenvalue weighted by atomic mass is 32.2. The molecule has 0 aromatic rings. The first-order valence-electron chi connectivity index (χ1n) is 9.47. The second-order valence-corrected chi connectivity index (χ2v) is 9.22. The zero-order valence-corrected chi connectivity index (χ0v) is 16.7. The average molecular weight is 397 g/mol. The van der Waals surface area contributed by atoms with Gasteiger partial charge in [-0.3, -0.25) is 19.2 Å². The fourth-order valence-electron chi connectivity index (χ4n) is 4.47.